The summed E-state index contributed by atoms with van der Waals surface area (Å²) < 4.78 is 13.3. The monoisotopic (exact) mass is 287 g/mol. The Labute approximate surface area is 125 Å². The van der Waals surface area contributed by atoms with Crippen LogP contribution in [0.15, 0.2) is 18.2 Å². The molecule has 21 heavy (non-hydrogen) atoms. The molecule has 0 unspecified atom stereocenters. The first kappa shape index (κ1) is 14.5. The molecular weight excluding hydrogens is 265 g/mol. The molecule has 1 aliphatic carbocycles. The third-order valence-corrected chi connectivity index (χ3v) is 4.54. The van der Waals surface area contributed by atoms with Crippen LogP contribution in [0.2, 0.25) is 0 Å². The molecule has 1 aliphatic heterocycles. The maximum atomic E-state index is 13.3. The van der Waals surface area contributed by atoms with Crippen molar-refractivity contribution in [2.24, 2.45) is 5.92 Å². The van der Waals surface area contributed by atoms with Gasteiger partial charge in [0.1, 0.15) is 11.9 Å². The summed E-state index contributed by atoms with van der Waals surface area (Å²) in [6.07, 6.45) is 5.16. The van der Waals surface area contributed by atoms with Crippen LogP contribution >= 0.6 is 0 Å². The number of piperidine rings is 1. The summed E-state index contributed by atoms with van der Waals surface area (Å²) in [6.45, 7) is 4.14. The molecule has 4 heteroatoms. The summed E-state index contributed by atoms with van der Waals surface area (Å²) in [5, 5.41) is 12.6. The second-order valence-electron chi connectivity index (χ2n) is 6.33. The highest BCUT2D eigenvalue weighted by atomic mass is 19.1. The maximum absolute atomic E-state index is 13.3. The number of hydrogen-bond donors (Lipinski definition) is 1. The third kappa shape index (κ3) is 4.03. The van der Waals surface area contributed by atoms with Crippen molar-refractivity contribution in [2.45, 2.75) is 38.3 Å². The van der Waals surface area contributed by atoms with Crippen molar-refractivity contribution in [3.63, 3.8) is 0 Å². The summed E-state index contributed by atoms with van der Waals surface area (Å²) in [5.41, 5.74) is 1.17. The first-order chi connectivity index (χ1) is 10.2. The summed E-state index contributed by atoms with van der Waals surface area (Å²) in [6, 6.07) is 7.43. The van der Waals surface area contributed by atoms with Gasteiger partial charge in [-0.05, 0) is 68.9 Å². The molecule has 3 nitrogen and oxygen atoms in total. The number of benzene rings is 1. The van der Waals surface area contributed by atoms with Crippen molar-refractivity contribution >= 4 is 0 Å². The molecule has 112 valence electrons. The molecule has 0 atom stereocenters. The molecule has 0 bridgehead atoms. The van der Waals surface area contributed by atoms with Gasteiger partial charge >= 0.3 is 0 Å². The minimum atomic E-state index is -0.427. The molecular formula is C17H22FN3. The number of nitrogens with zero attached hydrogens (tertiary/aromatic N) is 2. The molecule has 1 aromatic carbocycles. The van der Waals surface area contributed by atoms with Crippen LogP contribution in [-0.2, 0) is 6.54 Å². The van der Waals surface area contributed by atoms with Gasteiger partial charge in [0.15, 0.2) is 0 Å². The number of hydrogen-bond acceptors (Lipinski definition) is 3. The van der Waals surface area contributed by atoms with Gasteiger partial charge in [-0.25, -0.2) is 4.39 Å². The van der Waals surface area contributed by atoms with Gasteiger partial charge in [0.25, 0.3) is 0 Å². The highest BCUT2D eigenvalue weighted by molar-refractivity contribution is 5.34. The molecule has 0 amide bonds. The van der Waals surface area contributed by atoms with Gasteiger partial charge in [-0.1, -0.05) is 6.07 Å². The lowest BCUT2D eigenvalue weighted by molar-refractivity contribution is 0.190. The van der Waals surface area contributed by atoms with E-state index < -0.39 is 5.82 Å². The number of nitrogens with one attached hydrogen (secondary N) is 1. The summed E-state index contributed by atoms with van der Waals surface area (Å²) in [7, 11) is 0. The first-order valence-corrected chi connectivity index (χ1v) is 7.89. The van der Waals surface area contributed by atoms with Crippen LogP contribution in [0.1, 0.15) is 36.8 Å². The van der Waals surface area contributed by atoms with E-state index in [4.69, 9.17) is 5.26 Å². The zero-order valence-corrected chi connectivity index (χ0v) is 12.3. The SMILES string of the molecule is N#Cc1cc(CN2CCC(NCC3CC3)CC2)ccc1F. The van der Waals surface area contributed by atoms with Gasteiger partial charge in [-0.2, -0.15) is 5.26 Å². The fourth-order valence-corrected chi connectivity index (χ4v) is 2.97. The molecule has 1 heterocycles. The fourth-order valence-electron chi connectivity index (χ4n) is 2.97. The van der Waals surface area contributed by atoms with Crippen LogP contribution < -0.4 is 5.32 Å². The second kappa shape index (κ2) is 6.55. The highest BCUT2D eigenvalue weighted by Gasteiger charge is 2.24. The van der Waals surface area contributed by atoms with Crippen molar-refractivity contribution in [3.05, 3.63) is 35.1 Å². The van der Waals surface area contributed by atoms with E-state index in [1.165, 1.54) is 38.3 Å². The number of rotatable bonds is 5. The van der Waals surface area contributed by atoms with Crippen molar-refractivity contribution in [2.75, 3.05) is 19.6 Å². The van der Waals surface area contributed by atoms with Gasteiger partial charge in [-0.3, -0.25) is 4.90 Å². The lowest BCUT2D eigenvalue weighted by Gasteiger charge is -2.32. The normalized spacial score (nSPS) is 20.4. The van der Waals surface area contributed by atoms with E-state index in [9.17, 15) is 4.39 Å². The molecule has 1 saturated carbocycles. The molecule has 0 radical (unpaired) electrons. The molecule has 2 fully saturated rings. The zero-order chi connectivity index (χ0) is 14.7. The average Bonchev–Trinajstić information content (AvgIpc) is 3.33. The van der Waals surface area contributed by atoms with Crippen molar-refractivity contribution in [1.29, 1.82) is 5.26 Å². The standard InChI is InChI=1S/C17H22FN3/c18-17-4-3-14(9-15(17)10-19)12-21-7-5-16(6-8-21)20-11-13-1-2-13/h3-4,9,13,16,20H,1-2,5-8,11-12H2. The van der Waals surface area contributed by atoms with Crippen LogP contribution in [0, 0.1) is 23.1 Å². The van der Waals surface area contributed by atoms with Crippen LogP contribution in [0.25, 0.3) is 0 Å². The Balaban J connectivity index is 1.47. The molecule has 1 aromatic rings. The zero-order valence-electron chi connectivity index (χ0n) is 12.3. The van der Waals surface area contributed by atoms with Crippen LogP contribution in [0.5, 0.6) is 0 Å². The van der Waals surface area contributed by atoms with Gasteiger partial charge in [0.2, 0.25) is 0 Å². The molecule has 0 spiro atoms. The highest BCUT2D eigenvalue weighted by Crippen LogP contribution is 2.28. The minimum absolute atomic E-state index is 0.147. The fraction of sp³-hybridized carbons (Fsp3) is 0.588. The Morgan fingerprint density at radius 2 is 2.00 bits per heavy atom. The van der Waals surface area contributed by atoms with E-state index in [1.54, 1.807) is 12.1 Å². The lowest BCUT2D eigenvalue weighted by atomic mass is 10.0. The second-order valence-corrected chi connectivity index (χ2v) is 6.33. The molecule has 1 saturated heterocycles. The summed E-state index contributed by atoms with van der Waals surface area (Å²) in [4.78, 5) is 2.39. The largest absolute Gasteiger partial charge is 0.314 e. The van der Waals surface area contributed by atoms with Gasteiger partial charge in [-0.15, -0.1) is 0 Å². The van der Waals surface area contributed by atoms with E-state index in [0.29, 0.717) is 6.04 Å². The lowest BCUT2D eigenvalue weighted by Crippen LogP contribution is -2.42. The smallest absolute Gasteiger partial charge is 0.140 e. The Kier molecular flexibility index (Phi) is 4.52. The molecule has 3 rings (SSSR count). The quantitative estimate of drug-likeness (QED) is 0.905. The Bertz CT molecular complexity index is 525. The predicted molar refractivity (Wildman–Crippen MR) is 80.1 cm³/mol. The van der Waals surface area contributed by atoms with Crippen molar-refractivity contribution < 1.29 is 4.39 Å². The van der Waals surface area contributed by atoms with Gasteiger partial charge in [0.05, 0.1) is 5.56 Å². The predicted octanol–water partition coefficient (Wildman–Crippen LogP) is 2.66. The summed E-state index contributed by atoms with van der Waals surface area (Å²) >= 11 is 0. The first-order valence-electron chi connectivity index (χ1n) is 7.89. The van der Waals surface area contributed by atoms with Crippen LogP contribution in [0.4, 0.5) is 4.39 Å². The Morgan fingerprint density at radius 1 is 1.24 bits per heavy atom. The van der Waals surface area contributed by atoms with Crippen LogP contribution in [-0.4, -0.2) is 30.6 Å². The summed E-state index contributed by atoms with van der Waals surface area (Å²) in [5.74, 6) is 0.510. The van der Waals surface area contributed by atoms with Crippen molar-refractivity contribution in [1.82, 2.24) is 10.2 Å². The van der Waals surface area contributed by atoms with E-state index in [0.717, 1.165) is 31.1 Å². The van der Waals surface area contributed by atoms with E-state index in [1.807, 2.05) is 6.07 Å². The molecule has 1 N–H and O–H groups in total. The van der Waals surface area contributed by atoms with Gasteiger partial charge in [0, 0.05) is 12.6 Å². The molecule has 2 aliphatic rings. The van der Waals surface area contributed by atoms with Crippen molar-refractivity contribution in [3.8, 4) is 6.07 Å². The van der Waals surface area contributed by atoms with E-state index >= 15 is 0 Å². The topological polar surface area (TPSA) is 39.1 Å². The van der Waals surface area contributed by atoms with Gasteiger partial charge < -0.3 is 5.32 Å². The van der Waals surface area contributed by atoms with Crippen LogP contribution in [0.3, 0.4) is 0 Å². The maximum Gasteiger partial charge on any atom is 0.140 e. The number of likely N-dealkylation sites (tertiary alicyclic amines) is 1. The Hall–Kier alpha value is -1.44. The number of nitriles is 1. The minimum Gasteiger partial charge on any atom is -0.314 e. The third-order valence-electron chi connectivity index (χ3n) is 4.54. The van der Waals surface area contributed by atoms with E-state index in [2.05, 4.69) is 10.2 Å². The number of halogens is 1. The Morgan fingerprint density at radius 3 is 2.67 bits per heavy atom. The average molecular weight is 287 g/mol. The molecule has 0 aromatic heterocycles. The van der Waals surface area contributed by atoms with E-state index in [-0.39, 0.29) is 5.56 Å².